The van der Waals surface area contributed by atoms with Crippen LogP contribution in [0.3, 0.4) is 0 Å². The van der Waals surface area contributed by atoms with Gasteiger partial charge in [-0.1, -0.05) is 24.3 Å². The zero-order valence-electron chi connectivity index (χ0n) is 15.6. The number of thiazole rings is 1. The fraction of sp³-hybridized carbons (Fsp3) is 0.158. The molecule has 0 unspecified atom stereocenters. The van der Waals surface area contributed by atoms with Gasteiger partial charge in [0.1, 0.15) is 0 Å². The van der Waals surface area contributed by atoms with E-state index < -0.39 is 32.6 Å². The minimum Gasteiger partial charge on any atom is -0.348 e. The average Bonchev–Trinajstić information content (AvgIpc) is 3.26. The van der Waals surface area contributed by atoms with Crippen LogP contribution in [0, 0.1) is 0 Å². The van der Waals surface area contributed by atoms with E-state index in [9.17, 15) is 26.4 Å². The molecule has 3 aromatic rings. The third-order valence-corrected chi connectivity index (χ3v) is 6.93. The van der Waals surface area contributed by atoms with E-state index in [4.69, 9.17) is 0 Å². The van der Waals surface area contributed by atoms with Crippen LogP contribution in [0.4, 0.5) is 18.3 Å². The van der Waals surface area contributed by atoms with Crippen molar-refractivity contribution in [3.05, 3.63) is 76.8 Å². The maximum absolute atomic E-state index is 13.6. The predicted molar refractivity (Wildman–Crippen MR) is 107 cm³/mol. The van der Waals surface area contributed by atoms with Crippen molar-refractivity contribution in [3.8, 4) is 0 Å². The second kappa shape index (κ2) is 8.44. The summed E-state index contributed by atoms with van der Waals surface area (Å²) in [4.78, 5) is 15.1. The number of benzene rings is 2. The van der Waals surface area contributed by atoms with E-state index in [0.29, 0.717) is 9.87 Å². The number of carbonyl (C=O) groups is 1. The van der Waals surface area contributed by atoms with E-state index >= 15 is 0 Å². The van der Waals surface area contributed by atoms with Crippen molar-refractivity contribution in [1.29, 1.82) is 0 Å². The monoisotopic (exact) mass is 455 g/mol. The molecule has 0 atom stereocenters. The lowest BCUT2D eigenvalue weighted by Gasteiger charge is -2.20. The van der Waals surface area contributed by atoms with Crippen LogP contribution < -0.4 is 9.62 Å². The molecule has 0 saturated carbocycles. The van der Waals surface area contributed by atoms with Crippen molar-refractivity contribution < 1.29 is 26.4 Å². The minimum absolute atomic E-state index is 0.0438. The molecule has 0 bridgehead atoms. The van der Waals surface area contributed by atoms with E-state index in [1.54, 1.807) is 30.3 Å². The molecular weight excluding hydrogens is 439 g/mol. The normalized spacial score (nSPS) is 11.9. The first-order valence-corrected chi connectivity index (χ1v) is 10.8. The number of aromatic nitrogens is 1. The molecule has 0 aliphatic rings. The third kappa shape index (κ3) is 4.62. The van der Waals surface area contributed by atoms with Crippen LogP contribution in [0.15, 0.2) is 65.0 Å². The highest BCUT2D eigenvalue weighted by Gasteiger charge is 2.39. The van der Waals surface area contributed by atoms with E-state index in [1.807, 2.05) is 0 Å². The molecule has 0 saturated heterocycles. The Labute approximate surface area is 175 Å². The molecule has 0 fully saturated rings. The number of anilines is 1. The summed E-state index contributed by atoms with van der Waals surface area (Å²) in [6, 6.07) is 11.1. The second-order valence-corrected chi connectivity index (χ2v) is 8.97. The summed E-state index contributed by atoms with van der Waals surface area (Å²) in [5.41, 5.74) is -0.836. The van der Waals surface area contributed by atoms with Crippen LogP contribution in [-0.4, -0.2) is 26.4 Å². The molecule has 11 heteroatoms. The number of hydrogen-bond acceptors (Lipinski definition) is 5. The molecular formula is C19H16F3N3O3S2. The summed E-state index contributed by atoms with van der Waals surface area (Å²) < 4.78 is 67.2. The molecule has 1 aromatic heterocycles. The number of alkyl halides is 3. The van der Waals surface area contributed by atoms with Gasteiger partial charge in [0.15, 0.2) is 5.13 Å². The van der Waals surface area contributed by atoms with Gasteiger partial charge in [0.25, 0.3) is 15.9 Å². The molecule has 30 heavy (non-hydrogen) atoms. The van der Waals surface area contributed by atoms with Crippen molar-refractivity contribution in [3.63, 3.8) is 0 Å². The van der Waals surface area contributed by atoms with Crippen LogP contribution in [0.2, 0.25) is 0 Å². The Morgan fingerprint density at radius 2 is 1.87 bits per heavy atom. The van der Waals surface area contributed by atoms with Crippen LogP contribution in [0.1, 0.15) is 21.5 Å². The van der Waals surface area contributed by atoms with Gasteiger partial charge in [-0.05, 0) is 29.8 Å². The molecule has 1 heterocycles. The predicted octanol–water partition coefficient (Wildman–Crippen LogP) is 3.92. The van der Waals surface area contributed by atoms with Crippen molar-refractivity contribution in [2.45, 2.75) is 17.6 Å². The third-order valence-electron chi connectivity index (χ3n) is 4.17. The zero-order chi connectivity index (χ0) is 21.9. The quantitative estimate of drug-likeness (QED) is 0.611. The fourth-order valence-electron chi connectivity index (χ4n) is 2.63. The first-order valence-electron chi connectivity index (χ1n) is 8.52. The van der Waals surface area contributed by atoms with Gasteiger partial charge in [-0.15, -0.1) is 11.3 Å². The van der Waals surface area contributed by atoms with Crippen LogP contribution >= 0.6 is 11.3 Å². The second-order valence-electron chi connectivity index (χ2n) is 6.16. The highest BCUT2D eigenvalue weighted by molar-refractivity contribution is 7.93. The number of halogens is 3. The molecule has 0 aliphatic carbocycles. The van der Waals surface area contributed by atoms with E-state index in [-0.39, 0.29) is 17.2 Å². The van der Waals surface area contributed by atoms with Crippen LogP contribution in [0.5, 0.6) is 0 Å². The largest absolute Gasteiger partial charge is 0.417 e. The summed E-state index contributed by atoms with van der Waals surface area (Å²) in [7, 11) is -3.35. The minimum atomic E-state index is -4.91. The topological polar surface area (TPSA) is 79.4 Å². The van der Waals surface area contributed by atoms with E-state index in [2.05, 4.69) is 10.3 Å². The number of sulfonamides is 1. The number of carbonyl (C=O) groups excluding carboxylic acids is 1. The van der Waals surface area contributed by atoms with Gasteiger partial charge in [-0.25, -0.2) is 17.7 Å². The van der Waals surface area contributed by atoms with Gasteiger partial charge in [0, 0.05) is 30.7 Å². The standard InChI is InChI=1S/C19H16F3N3O3S2/c1-25(18-23-9-10-29-18)30(27,28)16-8-7-13(11-15(16)19(20,21)22)12-24-17(26)14-5-3-2-4-6-14/h2-11H,12H2,1H3,(H,24,26). The van der Waals surface area contributed by atoms with Gasteiger partial charge in [0.2, 0.25) is 0 Å². The van der Waals surface area contributed by atoms with Crippen molar-refractivity contribution in [2.75, 3.05) is 11.4 Å². The van der Waals surface area contributed by atoms with E-state index in [0.717, 1.165) is 30.5 Å². The van der Waals surface area contributed by atoms with E-state index in [1.165, 1.54) is 17.6 Å². The van der Waals surface area contributed by atoms with Crippen molar-refractivity contribution >= 4 is 32.4 Å². The number of hydrogen-bond donors (Lipinski definition) is 1. The Balaban J connectivity index is 1.90. The molecule has 1 amide bonds. The Hall–Kier alpha value is -2.92. The zero-order valence-corrected chi connectivity index (χ0v) is 17.2. The Morgan fingerprint density at radius 3 is 2.47 bits per heavy atom. The van der Waals surface area contributed by atoms with Gasteiger partial charge < -0.3 is 5.32 Å². The van der Waals surface area contributed by atoms with Gasteiger partial charge in [-0.3, -0.25) is 4.79 Å². The molecule has 3 rings (SSSR count). The Kier molecular flexibility index (Phi) is 6.13. The summed E-state index contributed by atoms with van der Waals surface area (Å²) in [5, 5.41) is 4.08. The van der Waals surface area contributed by atoms with Crippen molar-refractivity contribution in [1.82, 2.24) is 10.3 Å². The van der Waals surface area contributed by atoms with Crippen molar-refractivity contribution in [2.24, 2.45) is 0 Å². The SMILES string of the molecule is CN(c1nccs1)S(=O)(=O)c1ccc(CNC(=O)c2ccccc2)cc1C(F)(F)F. The summed E-state index contributed by atoms with van der Waals surface area (Å²) in [6.45, 7) is -0.195. The number of amides is 1. The molecule has 158 valence electrons. The molecule has 0 spiro atoms. The van der Waals surface area contributed by atoms with Gasteiger partial charge in [0.05, 0.1) is 10.5 Å². The van der Waals surface area contributed by atoms with Gasteiger partial charge in [-0.2, -0.15) is 13.2 Å². The smallest absolute Gasteiger partial charge is 0.348 e. The molecule has 6 nitrogen and oxygen atoms in total. The Bertz CT molecular complexity index is 1130. The number of nitrogens with one attached hydrogen (secondary N) is 1. The highest BCUT2D eigenvalue weighted by Crippen LogP contribution is 2.37. The molecule has 2 aromatic carbocycles. The molecule has 0 aliphatic heterocycles. The van der Waals surface area contributed by atoms with Crippen LogP contribution in [-0.2, 0) is 22.7 Å². The lowest BCUT2D eigenvalue weighted by atomic mass is 10.1. The van der Waals surface area contributed by atoms with Crippen LogP contribution in [0.25, 0.3) is 0 Å². The lowest BCUT2D eigenvalue weighted by molar-refractivity contribution is -0.139. The Morgan fingerprint density at radius 1 is 1.17 bits per heavy atom. The summed E-state index contributed by atoms with van der Waals surface area (Å²) >= 11 is 0.985. The number of rotatable bonds is 6. The molecule has 0 radical (unpaired) electrons. The summed E-state index contributed by atoms with van der Waals surface area (Å²) in [5.74, 6) is -0.454. The number of nitrogens with zero attached hydrogens (tertiary/aromatic N) is 2. The lowest BCUT2D eigenvalue weighted by Crippen LogP contribution is -2.29. The maximum atomic E-state index is 13.6. The average molecular weight is 455 g/mol. The van der Waals surface area contributed by atoms with Gasteiger partial charge >= 0.3 is 6.18 Å². The first-order chi connectivity index (χ1) is 14.1. The maximum Gasteiger partial charge on any atom is 0.417 e. The fourth-order valence-corrected chi connectivity index (χ4v) is 4.81. The highest BCUT2D eigenvalue weighted by atomic mass is 32.2. The summed E-state index contributed by atoms with van der Waals surface area (Å²) in [6.07, 6.45) is -3.55. The molecule has 1 N–H and O–H groups in total. The first kappa shape index (κ1) is 21.8.